The number of fused-ring (bicyclic) bond motifs is 1. The molecule has 4 rings (SSSR count). The molecule has 26 heavy (non-hydrogen) atoms. The molecule has 0 unspecified atom stereocenters. The number of anilines is 1. The highest BCUT2D eigenvalue weighted by atomic mass is 32.2. The third kappa shape index (κ3) is 3.31. The molecular weight excluding hydrogens is 352 g/mol. The average Bonchev–Trinajstić information content (AvgIpc) is 3.03. The van der Waals surface area contributed by atoms with Crippen LogP contribution in [0.5, 0.6) is 0 Å². The fraction of sp³-hybridized carbons (Fsp3) is 0.300. The smallest absolute Gasteiger partial charge is 0.266 e. The van der Waals surface area contributed by atoms with Crippen molar-refractivity contribution in [1.29, 1.82) is 0 Å². The normalized spacial score (nSPS) is 15.2. The van der Waals surface area contributed by atoms with Crippen molar-refractivity contribution in [2.45, 2.75) is 18.2 Å². The largest absolute Gasteiger partial charge is 0.368 e. The summed E-state index contributed by atoms with van der Waals surface area (Å²) in [6, 6.07) is 14.0. The fourth-order valence-corrected chi connectivity index (χ4v) is 4.29. The number of halogens is 2. The standard InChI is InChI=1S/C20H21F2N3S/c1-14-5-7-15(8-6-14)26-25-13-16(20(21)22)19-17(3-2-4-18(19)25)24-11-9-23-10-12-24/h2-8,13,20,23H,9-12H2,1H3. The predicted molar refractivity (Wildman–Crippen MR) is 104 cm³/mol. The highest BCUT2D eigenvalue weighted by molar-refractivity contribution is 7.98. The van der Waals surface area contributed by atoms with Crippen LogP contribution in [-0.2, 0) is 0 Å². The van der Waals surface area contributed by atoms with Gasteiger partial charge in [-0.3, -0.25) is 3.97 Å². The molecule has 1 fully saturated rings. The number of piperazine rings is 1. The van der Waals surface area contributed by atoms with Gasteiger partial charge >= 0.3 is 0 Å². The summed E-state index contributed by atoms with van der Waals surface area (Å²) in [6.07, 6.45) is -0.910. The molecule has 0 radical (unpaired) electrons. The van der Waals surface area contributed by atoms with Crippen LogP contribution in [0.15, 0.2) is 53.6 Å². The summed E-state index contributed by atoms with van der Waals surface area (Å²) >= 11 is 1.47. The van der Waals surface area contributed by atoms with Gasteiger partial charge in [-0.15, -0.1) is 0 Å². The second-order valence-corrected chi connectivity index (χ2v) is 7.57. The predicted octanol–water partition coefficient (Wildman–Crippen LogP) is 4.85. The number of rotatable bonds is 4. The Kier molecular flexibility index (Phi) is 4.87. The van der Waals surface area contributed by atoms with E-state index in [-0.39, 0.29) is 5.56 Å². The van der Waals surface area contributed by atoms with Gasteiger partial charge in [-0.25, -0.2) is 8.78 Å². The Hall–Kier alpha value is -2.05. The summed E-state index contributed by atoms with van der Waals surface area (Å²) in [6.45, 7) is 5.45. The zero-order chi connectivity index (χ0) is 18.1. The van der Waals surface area contributed by atoms with Crippen LogP contribution in [0.4, 0.5) is 14.5 Å². The van der Waals surface area contributed by atoms with Crippen LogP contribution in [0, 0.1) is 6.92 Å². The molecule has 0 aliphatic carbocycles. The number of aryl methyl sites for hydroxylation is 1. The van der Waals surface area contributed by atoms with Crippen molar-refractivity contribution in [2.24, 2.45) is 0 Å². The lowest BCUT2D eigenvalue weighted by Crippen LogP contribution is -2.43. The van der Waals surface area contributed by atoms with Gasteiger partial charge in [0.05, 0.1) is 5.52 Å². The van der Waals surface area contributed by atoms with E-state index in [1.165, 1.54) is 17.5 Å². The molecule has 0 amide bonds. The number of benzene rings is 2. The van der Waals surface area contributed by atoms with Gasteiger partial charge in [-0.1, -0.05) is 23.8 Å². The number of hydrogen-bond donors (Lipinski definition) is 1. The first-order valence-electron chi connectivity index (χ1n) is 8.76. The molecule has 3 aromatic rings. The van der Waals surface area contributed by atoms with Crippen molar-refractivity contribution >= 4 is 28.5 Å². The van der Waals surface area contributed by atoms with Crippen LogP contribution in [0.25, 0.3) is 10.9 Å². The second kappa shape index (κ2) is 7.29. The van der Waals surface area contributed by atoms with E-state index in [0.29, 0.717) is 5.39 Å². The van der Waals surface area contributed by atoms with Gasteiger partial charge in [-0.2, -0.15) is 0 Å². The van der Waals surface area contributed by atoms with Crippen molar-refractivity contribution in [3.63, 3.8) is 0 Å². The van der Waals surface area contributed by atoms with Crippen molar-refractivity contribution in [3.05, 3.63) is 59.8 Å². The number of hydrogen-bond acceptors (Lipinski definition) is 3. The Labute approximate surface area is 156 Å². The molecule has 0 saturated carbocycles. The van der Waals surface area contributed by atoms with Crippen LogP contribution < -0.4 is 10.2 Å². The van der Waals surface area contributed by atoms with Gasteiger partial charge in [-0.05, 0) is 43.1 Å². The first kappa shape index (κ1) is 17.4. The lowest BCUT2D eigenvalue weighted by molar-refractivity contribution is 0.153. The molecule has 1 saturated heterocycles. The van der Waals surface area contributed by atoms with Crippen molar-refractivity contribution in [1.82, 2.24) is 9.29 Å². The Bertz CT molecular complexity index is 899. The molecule has 6 heteroatoms. The molecule has 0 atom stereocenters. The molecule has 3 nitrogen and oxygen atoms in total. The molecular formula is C20H21F2N3S. The van der Waals surface area contributed by atoms with Gasteiger partial charge < -0.3 is 10.2 Å². The van der Waals surface area contributed by atoms with Crippen molar-refractivity contribution < 1.29 is 8.78 Å². The Balaban J connectivity index is 1.80. The minimum atomic E-state index is -2.50. The fourth-order valence-electron chi connectivity index (χ4n) is 3.39. The third-order valence-electron chi connectivity index (χ3n) is 4.72. The van der Waals surface area contributed by atoms with E-state index in [1.54, 1.807) is 6.20 Å². The van der Waals surface area contributed by atoms with Gasteiger partial charge in [0, 0.05) is 53.9 Å². The number of aromatic nitrogens is 1. The second-order valence-electron chi connectivity index (χ2n) is 6.52. The SMILES string of the molecule is Cc1ccc(Sn2cc(C(F)F)c3c(N4CCNCC4)cccc32)cc1. The zero-order valence-electron chi connectivity index (χ0n) is 14.6. The number of nitrogens with one attached hydrogen (secondary N) is 1. The highest BCUT2D eigenvalue weighted by Gasteiger charge is 2.22. The summed E-state index contributed by atoms with van der Waals surface area (Å²) < 4.78 is 29.5. The van der Waals surface area contributed by atoms with E-state index in [1.807, 2.05) is 53.4 Å². The van der Waals surface area contributed by atoms with E-state index < -0.39 is 6.43 Å². The maximum Gasteiger partial charge on any atom is 0.266 e. The van der Waals surface area contributed by atoms with Crippen LogP contribution in [0.2, 0.25) is 0 Å². The maximum absolute atomic E-state index is 13.8. The Morgan fingerprint density at radius 2 is 1.77 bits per heavy atom. The summed E-state index contributed by atoms with van der Waals surface area (Å²) in [5, 5.41) is 3.98. The van der Waals surface area contributed by atoms with Crippen molar-refractivity contribution in [2.75, 3.05) is 31.1 Å². The molecule has 0 bridgehead atoms. The summed E-state index contributed by atoms with van der Waals surface area (Å²) in [7, 11) is 0. The lowest BCUT2D eigenvalue weighted by atomic mass is 10.1. The quantitative estimate of drug-likeness (QED) is 0.706. The summed E-state index contributed by atoms with van der Waals surface area (Å²) in [4.78, 5) is 3.23. The molecule has 1 N–H and O–H groups in total. The van der Waals surface area contributed by atoms with Gasteiger partial charge in [0.25, 0.3) is 6.43 Å². The molecule has 2 aromatic carbocycles. The van der Waals surface area contributed by atoms with E-state index >= 15 is 0 Å². The molecule has 1 aliphatic rings. The highest BCUT2D eigenvalue weighted by Crippen LogP contribution is 2.39. The lowest BCUT2D eigenvalue weighted by Gasteiger charge is -2.30. The van der Waals surface area contributed by atoms with E-state index in [4.69, 9.17) is 0 Å². The molecule has 1 aliphatic heterocycles. The summed E-state index contributed by atoms with van der Waals surface area (Å²) in [5.74, 6) is 0. The van der Waals surface area contributed by atoms with Gasteiger partial charge in [0.2, 0.25) is 0 Å². The number of alkyl halides is 2. The van der Waals surface area contributed by atoms with Gasteiger partial charge in [0.1, 0.15) is 0 Å². The van der Waals surface area contributed by atoms with Crippen LogP contribution in [0.3, 0.4) is 0 Å². The first-order valence-corrected chi connectivity index (χ1v) is 9.53. The molecule has 1 aromatic heterocycles. The molecule has 2 heterocycles. The van der Waals surface area contributed by atoms with Crippen molar-refractivity contribution in [3.8, 4) is 0 Å². The topological polar surface area (TPSA) is 20.2 Å². The maximum atomic E-state index is 13.8. The Morgan fingerprint density at radius 1 is 1.04 bits per heavy atom. The van der Waals surface area contributed by atoms with Gasteiger partial charge in [0.15, 0.2) is 0 Å². The number of nitrogens with zero attached hydrogens (tertiary/aromatic N) is 2. The average molecular weight is 373 g/mol. The first-order chi connectivity index (χ1) is 12.6. The van der Waals surface area contributed by atoms with E-state index in [0.717, 1.165) is 42.3 Å². The van der Waals surface area contributed by atoms with Crippen LogP contribution in [-0.4, -0.2) is 30.2 Å². The minimum Gasteiger partial charge on any atom is -0.368 e. The van der Waals surface area contributed by atoms with Crippen LogP contribution in [0.1, 0.15) is 17.6 Å². The minimum absolute atomic E-state index is 0.105. The Morgan fingerprint density at radius 3 is 2.46 bits per heavy atom. The summed E-state index contributed by atoms with van der Waals surface area (Å²) in [5.41, 5.74) is 3.03. The molecule has 136 valence electrons. The van der Waals surface area contributed by atoms with E-state index in [9.17, 15) is 8.78 Å². The monoisotopic (exact) mass is 373 g/mol. The van der Waals surface area contributed by atoms with Crippen LogP contribution >= 0.6 is 11.9 Å². The van der Waals surface area contributed by atoms with E-state index in [2.05, 4.69) is 10.2 Å². The molecule has 0 spiro atoms. The zero-order valence-corrected chi connectivity index (χ0v) is 15.4. The third-order valence-corrected chi connectivity index (χ3v) is 5.70.